The van der Waals surface area contributed by atoms with Crippen LogP contribution in [0, 0.1) is 18.6 Å². The van der Waals surface area contributed by atoms with Crippen LogP contribution in [0.3, 0.4) is 0 Å². The van der Waals surface area contributed by atoms with Crippen molar-refractivity contribution in [3.63, 3.8) is 0 Å². The maximum absolute atomic E-state index is 13.7. The fraction of sp³-hybridized carbons (Fsp3) is 0.455. The number of aryl methyl sites for hydroxylation is 1. The lowest BCUT2D eigenvalue weighted by molar-refractivity contribution is 0.278. The van der Waals surface area contributed by atoms with Crippen LogP contribution in [0.4, 0.5) is 8.78 Å². The van der Waals surface area contributed by atoms with Crippen molar-refractivity contribution >= 4 is 12.6 Å². The van der Waals surface area contributed by atoms with Crippen molar-refractivity contribution in [1.29, 1.82) is 0 Å². The van der Waals surface area contributed by atoms with Crippen LogP contribution in [0.5, 0.6) is 5.75 Å². The number of hydrogen-bond donors (Lipinski definition) is 2. The molecule has 0 bridgehead atoms. The third kappa shape index (κ3) is 3.17. The molecular formula is C11H15BF2O3. The van der Waals surface area contributed by atoms with Gasteiger partial charge in [-0.2, -0.15) is 0 Å². The normalized spacial score (nSPS) is 10.5. The highest BCUT2D eigenvalue weighted by atomic mass is 19.1. The van der Waals surface area contributed by atoms with E-state index in [2.05, 4.69) is 0 Å². The standard InChI is InChI=1S/C11H15BF2O3/c1-3-4-5-17-11-9(13)7(2)6-8(10(11)14)12(15)16/h6,15-16H,3-5H2,1-2H3. The molecule has 17 heavy (non-hydrogen) atoms. The van der Waals surface area contributed by atoms with E-state index in [1.54, 1.807) is 0 Å². The van der Waals surface area contributed by atoms with Gasteiger partial charge in [-0.15, -0.1) is 0 Å². The van der Waals surface area contributed by atoms with Crippen LogP contribution in [0.25, 0.3) is 0 Å². The van der Waals surface area contributed by atoms with Gasteiger partial charge in [0.25, 0.3) is 0 Å². The number of benzene rings is 1. The first-order valence-electron chi connectivity index (χ1n) is 5.46. The van der Waals surface area contributed by atoms with Crippen LogP contribution >= 0.6 is 0 Å². The van der Waals surface area contributed by atoms with E-state index in [1.807, 2.05) is 6.92 Å². The predicted octanol–water partition coefficient (Wildman–Crippen LogP) is 1.13. The number of halogens is 2. The zero-order valence-electron chi connectivity index (χ0n) is 9.83. The van der Waals surface area contributed by atoms with Crippen LogP contribution in [0.15, 0.2) is 6.07 Å². The van der Waals surface area contributed by atoms with E-state index >= 15 is 0 Å². The van der Waals surface area contributed by atoms with Gasteiger partial charge in [-0.3, -0.25) is 0 Å². The van der Waals surface area contributed by atoms with Gasteiger partial charge < -0.3 is 14.8 Å². The topological polar surface area (TPSA) is 49.7 Å². The molecule has 2 N–H and O–H groups in total. The zero-order valence-corrected chi connectivity index (χ0v) is 9.83. The molecule has 0 fully saturated rings. The Morgan fingerprint density at radius 3 is 2.47 bits per heavy atom. The smallest absolute Gasteiger partial charge is 0.488 e. The van der Waals surface area contributed by atoms with E-state index in [1.165, 1.54) is 6.92 Å². The third-order valence-electron chi connectivity index (χ3n) is 2.39. The van der Waals surface area contributed by atoms with Crippen molar-refractivity contribution in [2.45, 2.75) is 26.7 Å². The monoisotopic (exact) mass is 244 g/mol. The van der Waals surface area contributed by atoms with Crippen molar-refractivity contribution in [2.24, 2.45) is 0 Å². The number of unbranched alkanes of at least 4 members (excludes halogenated alkanes) is 1. The molecule has 0 radical (unpaired) electrons. The Kier molecular flexibility index (Phi) is 4.90. The summed E-state index contributed by atoms with van der Waals surface area (Å²) in [5.41, 5.74) is -0.267. The minimum atomic E-state index is -1.98. The van der Waals surface area contributed by atoms with Gasteiger partial charge in [-0.25, -0.2) is 8.78 Å². The number of rotatable bonds is 5. The van der Waals surface area contributed by atoms with Gasteiger partial charge in [0, 0.05) is 5.46 Å². The molecule has 0 saturated carbocycles. The first-order chi connectivity index (χ1) is 7.99. The highest BCUT2D eigenvalue weighted by molar-refractivity contribution is 6.58. The molecule has 1 aromatic carbocycles. The van der Waals surface area contributed by atoms with Crippen LogP contribution in [0.1, 0.15) is 25.3 Å². The summed E-state index contributed by atoms with van der Waals surface area (Å²) < 4.78 is 32.3. The predicted molar refractivity (Wildman–Crippen MR) is 61.3 cm³/mol. The Hall–Kier alpha value is -1.14. The van der Waals surface area contributed by atoms with Crippen LogP contribution in [-0.4, -0.2) is 23.8 Å². The summed E-state index contributed by atoms with van der Waals surface area (Å²) in [4.78, 5) is 0. The highest BCUT2D eigenvalue weighted by Crippen LogP contribution is 2.23. The molecule has 94 valence electrons. The van der Waals surface area contributed by atoms with Crippen LogP contribution in [-0.2, 0) is 0 Å². The number of hydrogen-bond acceptors (Lipinski definition) is 3. The lowest BCUT2D eigenvalue weighted by Gasteiger charge is -2.12. The summed E-state index contributed by atoms with van der Waals surface area (Å²) in [7, 11) is -1.98. The van der Waals surface area contributed by atoms with Crippen molar-refractivity contribution in [3.05, 3.63) is 23.3 Å². The van der Waals surface area contributed by atoms with Gasteiger partial charge in [-0.1, -0.05) is 19.4 Å². The molecule has 0 heterocycles. The molecule has 0 aliphatic rings. The summed E-state index contributed by atoms with van der Waals surface area (Å²) in [6.45, 7) is 3.53. The van der Waals surface area contributed by atoms with Gasteiger partial charge in [0.2, 0.25) is 0 Å². The highest BCUT2D eigenvalue weighted by Gasteiger charge is 2.24. The molecule has 0 saturated heterocycles. The van der Waals surface area contributed by atoms with E-state index in [9.17, 15) is 8.78 Å². The average molecular weight is 244 g/mol. The number of ether oxygens (including phenoxy) is 1. The van der Waals surface area contributed by atoms with Gasteiger partial charge >= 0.3 is 7.12 Å². The Labute approximate surface area is 99.2 Å². The Morgan fingerprint density at radius 1 is 1.29 bits per heavy atom. The summed E-state index contributed by atoms with van der Waals surface area (Å²) in [5.74, 6) is -2.40. The van der Waals surface area contributed by atoms with E-state index in [-0.39, 0.29) is 17.6 Å². The summed E-state index contributed by atoms with van der Waals surface area (Å²) in [6, 6.07) is 1.06. The van der Waals surface area contributed by atoms with E-state index in [4.69, 9.17) is 14.8 Å². The molecule has 0 aliphatic carbocycles. The first-order valence-corrected chi connectivity index (χ1v) is 5.46. The average Bonchev–Trinajstić information content (AvgIpc) is 2.28. The second-order valence-electron chi connectivity index (χ2n) is 3.82. The molecule has 6 heteroatoms. The minimum absolute atomic E-state index is 0.112. The second-order valence-corrected chi connectivity index (χ2v) is 3.82. The van der Waals surface area contributed by atoms with E-state index in [0.29, 0.717) is 6.42 Å². The fourth-order valence-electron chi connectivity index (χ4n) is 1.40. The molecule has 0 atom stereocenters. The molecule has 1 aromatic rings. The van der Waals surface area contributed by atoms with Crippen molar-refractivity contribution < 1.29 is 23.6 Å². The van der Waals surface area contributed by atoms with Gasteiger partial charge in [0.15, 0.2) is 17.4 Å². The quantitative estimate of drug-likeness (QED) is 0.603. The molecule has 0 amide bonds. The van der Waals surface area contributed by atoms with E-state index < -0.39 is 24.5 Å². The zero-order chi connectivity index (χ0) is 13.0. The third-order valence-corrected chi connectivity index (χ3v) is 2.39. The van der Waals surface area contributed by atoms with Gasteiger partial charge in [-0.05, 0) is 18.9 Å². The molecule has 3 nitrogen and oxygen atoms in total. The van der Waals surface area contributed by atoms with Gasteiger partial charge in [0.1, 0.15) is 0 Å². The van der Waals surface area contributed by atoms with Crippen LogP contribution in [0.2, 0.25) is 0 Å². The lowest BCUT2D eigenvalue weighted by Crippen LogP contribution is -2.34. The molecule has 0 unspecified atom stereocenters. The Bertz CT molecular complexity index is 397. The SMILES string of the molecule is CCCCOc1c(F)c(C)cc(B(O)O)c1F. The second kappa shape index (κ2) is 5.98. The van der Waals surface area contributed by atoms with Gasteiger partial charge in [0.05, 0.1) is 6.61 Å². The van der Waals surface area contributed by atoms with Crippen molar-refractivity contribution in [3.8, 4) is 5.75 Å². The molecule has 0 aliphatic heterocycles. The summed E-state index contributed by atoms with van der Waals surface area (Å²) in [6.07, 6.45) is 1.51. The molecule has 0 aromatic heterocycles. The fourth-order valence-corrected chi connectivity index (χ4v) is 1.40. The largest absolute Gasteiger partial charge is 0.491 e. The van der Waals surface area contributed by atoms with Crippen LogP contribution < -0.4 is 10.2 Å². The Balaban J connectivity index is 3.08. The Morgan fingerprint density at radius 2 is 1.94 bits per heavy atom. The maximum Gasteiger partial charge on any atom is 0.491 e. The molecule has 0 spiro atoms. The minimum Gasteiger partial charge on any atom is -0.488 e. The first kappa shape index (κ1) is 13.9. The maximum atomic E-state index is 13.7. The lowest BCUT2D eigenvalue weighted by atomic mass is 9.79. The van der Waals surface area contributed by atoms with E-state index in [0.717, 1.165) is 12.5 Å². The van der Waals surface area contributed by atoms with Crippen molar-refractivity contribution in [1.82, 2.24) is 0 Å². The summed E-state index contributed by atoms with van der Waals surface area (Å²) in [5, 5.41) is 17.9. The molecular weight excluding hydrogens is 229 g/mol. The summed E-state index contributed by atoms with van der Waals surface area (Å²) >= 11 is 0. The molecule has 1 rings (SSSR count). The van der Waals surface area contributed by atoms with Crippen molar-refractivity contribution in [2.75, 3.05) is 6.61 Å².